The molecule has 1 fully saturated rings. The lowest BCUT2D eigenvalue weighted by atomic mass is 9.95. The van der Waals surface area contributed by atoms with Gasteiger partial charge in [0.05, 0.1) is 16.3 Å². The highest BCUT2D eigenvalue weighted by molar-refractivity contribution is 7.89. The summed E-state index contributed by atoms with van der Waals surface area (Å²) in [5.41, 5.74) is 3.09. The van der Waals surface area contributed by atoms with E-state index < -0.39 is 10.0 Å². The third kappa shape index (κ3) is 4.75. The predicted octanol–water partition coefficient (Wildman–Crippen LogP) is 5.98. The van der Waals surface area contributed by atoms with Crippen LogP contribution in [0, 0.1) is 0 Å². The van der Waals surface area contributed by atoms with Gasteiger partial charge in [0, 0.05) is 24.5 Å². The molecule has 0 unspecified atom stereocenters. The smallest absolute Gasteiger partial charge is 0.243 e. The van der Waals surface area contributed by atoms with Gasteiger partial charge in [0.1, 0.15) is 0 Å². The van der Waals surface area contributed by atoms with E-state index in [4.69, 9.17) is 4.99 Å². The second-order valence-corrected chi connectivity index (χ2v) is 10.9. The Kier molecular flexibility index (Phi) is 7.28. The average molecular weight is 470 g/mol. The normalized spacial score (nSPS) is 16.0. The van der Waals surface area contributed by atoms with Crippen molar-refractivity contribution in [2.24, 2.45) is 4.99 Å². The molecule has 5 nitrogen and oxygen atoms in total. The van der Waals surface area contributed by atoms with E-state index in [1.165, 1.54) is 23.6 Å². The molecule has 1 aromatic heterocycles. The van der Waals surface area contributed by atoms with Gasteiger partial charge in [-0.25, -0.2) is 13.4 Å². The summed E-state index contributed by atoms with van der Waals surface area (Å²) in [6.45, 7) is 4.67. The standard InChI is InChI=1S/C25H31N3O2S2/c1-3-27(4-2)32(29,30)23-17-15-20(16-18-23)24-19-31-25(26-21-11-7-5-8-12-21)28(24)22-13-9-6-10-14-22/h5,7-8,11-12,15-19,22H,3-4,6,9-10,13-14H2,1-2H3. The Bertz CT molecular complexity index is 1190. The Morgan fingerprint density at radius 1 is 0.969 bits per heavy atom. The van der Waals surface area contributed by atoms with Crippen LogP contribution in [0.4, 0.5) is 5.69 Å². The minimum atomic E-state index is -3.46. The van der Waals surface area contributed by atoms with E-state index in [2.05, 4.69) is 9.95 Å². The van der Waals surface area contributed by atoms with Crippen LogP contribution in [-0.4, -0.2) is 30.4 Å². The Hall–Kier alpha value is -2.22. The first-order valence-electron chi connectivity index (χ1n) is 11.4. The largest absolute Gasteiger partial charge is 0.313 e. The van der Waals surface area contributed by atoms with Gasteiger partial charge in [0.15, 0.2) is 4.80 Å². The first-order chi connectivity index (χ1) is 15.5. The van der Waals surface area contributed by atoms with Crippen LogP contribution in [0.15, 0.2) is 69.9 Å². The fraction of sp³-hybridized carbons (Fsp3) is 0.400. The highest BCUT2D eigenvalue weighted by atomic mass is 32.2. The summed E-state index contributed by atoms with van der Waals surface area (Å²) in [7, 11) is -3.46. The van der Waals surface area contributed by atoms with Gasteiger partial charge in [-0.2, -0.15) is 4.31 Å². The molecular formula is C25H31N3O2S2. The first kappa shape index (κ1) is 23.0. The van der Waals surface area contributed by atoms with Crippen LogP contribution < -0.4 is 4.80 Å². The summed E-state index contributed by atoms with van der Waals surface area (Å²) >= 11 is 1.65. The van der Waals surface area contributed by atoms with Crippen molar-refractivity contribution in [2.75, 3.05) is 13.1 Å². The number of thiazole rings is 1. The number of benzene rings is 2. The summed E-state index contributed by atoms with van der Waals surface area (Å²) in [4.78, 5) is 6.29. The maximum absolute atomic E-state index is 12.9. The van der Waals surface area contributed by atoms with Crippen LogP contribution in [0.3, 0.4) is 0 Å². The van der Waals surface area contributed by atoms with Crippen molar-refractivity contribution in [2.45, 2.75) is 56.9 Å². The molecule has 4 rings (SSSR count). The van der Waals surface area contributed by atoms with Gasteiger partial charge in [0.25, 0.3) is 0 Å². The molecular weight excluding hydrogens is 438 g/mol. The zero-order valence-corrected chi connectivity index (χ0v) is 20.4. The number of para-hydroxylation sites is 1. The number of aromatic nitrogens is 1. The lowest BCUT2D eigenvalue weighted by molar-refractivity contribution is 0.351. The Morgan fingerprint density at radius 2 is 1.62 bits per heavy atom. The van der Waals surface area contributed by atoms with Crippen LogP contribution in [-0.2, 0) is 10.0 Å². The van der Waals surface area contributed by atoms with Crippen LogP contribution in [0.25, 0.3) is 11.3 Å². The van der Waals surface area contributed by atoms with E-state index in [0.717, 1.165) is 34.6 Å². The molecule has 0 spiro atoms. The number of hydrogen-bond donors (Lipinski definition) is 0. The number of sulfonamides is 1. The lowest BCUT2D eigenvalue weighted by Gasteiger charge is -2.25. The highest BCUT2D eigenvalue weighted by Crippen LogP contribution is 2.33. The minimum absolute atomic E-state index is 0.346. The molecule has 1 aliphatic rings. The molecule has 0 bridgehead atoms. The molecule has 3 aromatic rings. The van der Waals surface area contributed by atoms with Crippen molar-refractivity contribution in [1.29, 1.82) is 0 Å². The molecule has 2 aromatic carbocycles. The maximum Gasteiger partial charge on any atom is 0.243 e. The Morgan fingerprint density at radius 3 is 2.25 bits per heavy atom. The molecule has 1 aliphatic carbocycles. The predicted molar refractivity (Wildman–Crippen MR) is 132 cm³/mol. The Balaban J connectivity index is 1.76. The minimum Gasteiger partial charge on any atom is -0.313 e. The highest BCUT2D eigenvalue weighted by Gasteiger charge is 2.23. The zero-order valence-electron chi connectivity index (χ0n) is 18.8. The second kappa shape index (κ2) is 10.1. The summed E-state index contributed by atoms with van der Waals surface area (Å²) < 4.78 is 29.6. The van der Waals surface area contributed by atoms with Crippen LogP contribution in [0.5, 0.6) is 0 Å². The molecule has 0 aliphatic heterocycles. The third-order valence-corrected chi connectivity index (χ3v) is 9.06. The van der Waals surface area contributed by atoms with Gasteiger partial charge in [-0.15, -0.1) is 11.3 Å². The molecule has 32 heavy (non-hydrogen) atoms. The number of nitrogens with zero attached hydrogens (tertiary/aromatic N) is 3. The second-order valence-electron chi connectivity index (χ2n) is 8.13. The van der Waals surface area contributed by atoms with Crippen LogP contribution >= 0.6 is 11.3 Å². The van der Waals surface area contributed by atoms with E-state index in [9.17, 15) is 8.42 Å². The van der Waals surface area contributed by atoms with E-state index >= 15 is 0 Å². The fourth-order valence-electron chi connectivity index (χ4n) is 4.43. The molecule has 0 saturated heterocycles. The van der Waals surface area contributed by atoms with Gasteiger partial charge in [-0.05, 0) is 42.7 Å². The van der Waals surface area contributed by atoms with Gasteiger partial charge >= 0.3 is 0 Å². The topological polar surface area (TPSA) is 54.7 Å². The maximum atomic E-state index is 12.9. The van der Waals surface area contributed by atoms with Crippen LogP contribution in [0.1, 0.15) is 52.0 Å². The molecule has 170 valence electrons. The summed E-state index contributed by atoms with van der Waals surface area (Å²) in [6, 6.07) is 17.8. The third-order valence-electron chi connectivity index (χ3n) is 6.16. The van der Waals surface area contributed by atoms with E-state index in [0.29, 0.717) is 24.0 Å². The molecule has 0 radical (unpaired) electrons. The van der Waals surface area contributed by atoms with Gasteiger partial charge < -0.3 is 4.57 Å². The average Bonchev–Trinajstić information content (AvgIpc) is 3.24. The SMILES string of the molecule is CCN(CC)S(=O)(=O)c1ccc(-c2csc(=Nc3ccccc3)n2C2CCCCC2)cc1. The van der Waals surface area contributed by atoms with Gasteiger partial charge in [0.2, 0.25) is 10.0 Å². The van der Waals surface area contributed by atoms with E-state index in [-0.39, 0.29) is 0 Å². The molecule has 1 saturated carbocycles. The summed E-state index contributed by atoms with van der Waals surface area (Å²) in [5, 5.41) is 2.16. The van der Waals surface area contributed by atoms with Crippen molar-refractivity contribution < 1.29 is 8.42 Å². The molecule has 0 amide bonds. The zero-order chi connectivity index (χ0) is 22.6. The Labute approximate surface area is 195 Å². The van der Waals surface area contributed by atoms with Crippen molar-refractivity contribution in [3.8, 4) is 11.3 Å². The monoisotopic (exact) mass is 469 g/mol. The number of hydrogen-bond acceptors (Lipinski definition) is 4. The van der Waals surface area contributed by atoms with Crippen molar-refractivity contribution in [3.63, 3.8) is 0 Å². The molecule has 0 atom stereocenters. The molecule has 1 heterocycles. The van der Waals surface area contributed by atoms with Crippen LogP contribution in [0.2, 0.25) is 0 Å². The lowest BCUT2D eigenvalue weighted by Crippen LogP contribution is -2.30. The van der Waals surface area contributed by atoms with Crippen molar-refractivity contribution >= 4 is 27.0 Å². The molecule has 7 heteroatoms. The summed E-state index contributed by atoms with van der Waals surface area (Å²) in [6.07, 6.45) is 6.07. The summed E-state index contributed by atoms with van der Waals surface area (Å²) in [5.74, 6) is 0. The number of rotatable bonds is 7. The fourth-order valence-corrected chi connectivity index (χ4v) is 6.87. The first-order valence-corrected chi connectivity index (χ1v) is 13.8. The van der Waals surface area contributed by atoms with E-state index in [1.807, 2.05) is 56.3 Å². The van der Waals surface area contributed by atoms with Crippen molar-refractivity contribution in [3.05, 3.63) is 64.8 Å². The van der Waals surface area contributed by atoms with E-state index in [1.54, 1.807) is 23.5 Å². The van der Waals surface area contributed by atoms with Gasteiger partial charge in [-0.3, -0.25) is 0 Å². The molecule has 0 N–H and O–H groups in total. The van der Waals surface area contributed by atoms with Gasteiger partial charge in [-0.1, -0.05) is 63.4 Å². The van der Waals surface area contributed by atoms with Crippen molar-refractivity contribution in [1.82, 2.24) is 8.87 Å². The quantitative estimate of drug-likeness (QED) is 0.427.